The van der Waals surface area contributed by atoms with Gasteiger partial charge in [-0.15, -0.1) is 11.3 Å². The van der Waals surface area contributed by atoms with Crippen LogP contribution in [0.4, 0.5) is 5.13 Å². The van der Waals surface area contributed by atoms with Gasteiger partial charge in [0.1, 0.15) is 5.69 Å². The van der Waals surface area contributed by atoms with E-state index in [1.54, 1.807) is 17.5 Å². The number of hydrogen-bond donors (Lipinski definition) is 1. The quantitative estimate of drug-likeness (QED) is 0.720. The molecule has 1 aromatic carbocycles. The van der Waals surface area contributed by atoms with Gasteiger partial charge < -0.3 is 4.90 Å². The lowest BCUT2D eigenvalue weighted by Gasteiger charge is -2.21. The molecular weight excluding hydrogens is 334 g/mol. The SMILES string of the molecule is CCCCN(CCCC)C(=O)c1csc(NC(=O)c2ccccc2)n1. The number of thiazole rings is 1. The van der Waals surface area contributed by atoms with Gasteiger partial charge in [0.05, 0.1) is 0 Å². The monoisotopic (exact) mass is 359 g/mol. The third-order valence-corrected chi connectivity index (χ3v) is 4.59. The maximum absolute atomic E-state index is 12.7. The van der Waals surface area contributed by atoms with Crippen molar-refractivity contribution >= 4 is 28.3 Å². The summed E-state index contributed by atoms with van der Waals surface area (Å²) in [6.45, 7) is 5.72. The summed E-state index contributed by atoms with van der Waals surface area (Å²) < 4.78 is 0. The Labute approximate surface area is 153 Å². The first kappa shape index (κ1) is 19.1. The summed E-state index contributed by atoms with van der Waals surface area (Å²) >= 11 is 1.28. The molecule has 0 bridgehead atoms. The molecule has 2 aromatic rings. The normalized spacial score (nSPS) is 10.5. The van der Waals surface area contributed by atoms with Gasteiger partial charge in [0.15, 0.2) is 5.13 Å². The predicted molar refractivity (Wildman–Crippen MR) is 102 cm³/mol. The molecule has 0 saturated heterocycles. The summed E-state index contributed by atoms with van der Waals surface area (Å²) in [6, 6.07) is 8.96. The molecule has 5 nitrogen and oxygen atoms in total. The number of nitrogens with zero attached hydrogens (tertiary/aromatic N) is 2. The van der Waals surface area contributed by atoms with Crippen LogP contribution in [-0.2, 0) is 0 Å². The molecule has 134 valence electrons. The van der Waals surface area contributed by atoms with Crippen LogP contribution in [-0.4, -0.2) is 34.8 Å². The van der Waals surface area contributed by atoms with Gasteiger partial charge in [-0.05, 0) is 25.0 Å². The van der Waals surface area contributed by atoms with Crippen LogP contribution in [0.2, 0.25) is 0 Å². The number of benzene rings is 1. The molecule has 2 rings (SSSR count). The maximum atomic E-state index is 12.7. The van der Waals surface area contributed by atoms with Crippen LogP contribution in [0, 0.1) is 0 Å². The fraction of sp³-hybridized carbons (Fsp3) is 0.421. The molecule has 0 aliphatic carbocycles. The van der Waals surface area contributed by atoms with Crippen LogP contribution >= 0.6 is 11.3 Å². The number of hydrogen-bond acceptors (Lipinski definition) is 4. The summed E-state index contributed by atoms with van der Waals surface area (Å²) in [5.74, 6) is -0.277. The van der Waals surface area contributed by atoms with Gasteiger partial charge in [0, 0.05) is 24.0 Å². The highest BCUT2D eigenvalue weighted by Crippen LogP contribution is 2.18. The Hall–Kier alpha value is -2.21. The van der Waals surface area contributed by atoms with E-state index in [1.807, 2.05) is 23.1 Å². The van der Waals surface area contributed by atoms with Gasteiger partial charge in [-0.1, -0.05) is 44.9 Å². The molecule has 1 heterocycles. The molecule has 0 unspecified atom stereocenters. The second kappa shape index (κ2) is 9.93. The summed E-state index contributed by atoms with van der Waals surface area (Å²) in [5, 5.41) is 4.92. The van der Waals surface area contributed by atoms with E-state index in [0.29, 0.717) is 16.4 Å². The van der Waals surface area contributed by atoms with Crippen LogP contribution in [0.3, 0.4) is 0 Å². The Bertz CT molecular complexity index is 677. The molecule has 0 spiro atoms. The minimum Gasteiger partial charge on any atom is -0.337 e. The first-order valence-corrected chi connectivity index (χ1v) is 9.64. The first-order valence-electron chi connectivity index (χ1n) is 8.76. The van der Waals surface area contributed by atoms with E-state index in [-0.39, 0.29) is 11.8 Å². The molecule has 2 amide bonds. The van der Waals surface area contributed by atoms with Gasteiger partial charge in [0.2, 0.25) is 0 Å². The zero-order valence-corrected chi connectivity index (χ0v) is 15.6. The lowest BCUT2D eigenvalue weighted by molar-refractivity contribution is 0.0745. The van der Waals surface area contributed by atoms with E-state index in [4.69, 9.17) is 0 Å². The van der Waals surface area contributed by atoms with E-state index < -0.39 is 0 Å². The van der Waals surface area contributed by atoms with Crippen molar-refractivity contribution in [2.45, 2.75) is 39.5 Å². The molecule has 6 heteroatoms. The second-order valence-corrected chi connectivity index (χ2v) is 6.72. The smallest absolute Gasteiger partial charge is 0.273 e. The van der Waals surface area contributed by atoms with Gasteiger partial charge in [-0.2, -0.15) is 0 Å². The lowest BCUT2D eigenvalue weighted by Crippen LogP contribution is -2.33. The van der Waals surface area contributed by atoms with E-state index in [1.165, 1.54) is 11.3 Å². The van der Waals surface area contributed by atoms with Crippen molar-refractivity contribution in [2.24, 2.45) is 0 Å². The molecule has 1 N–H and O–H groups in total. The molecule has 0 radical (unpaired) electrons. The average molecular weight is 359 g/mol. The number of unbranched alkanes of at least 4 members (excludes halogenated alkanes) is 2. The zero-order chi connectivity index (χ0) is 18.1. The average Bonchev–Trinajstić information content (AvgIpc) is 3.10. The van der Waals surface area contributed by atoms with Gasteiger partial charge in [-0.25, -0.2) is 4.98 Å². The van der Waals surface area contributed by atoms with Gasteiger partial charge in [-0.3, -0.25) is 14.9 Å². The lowest BCUT2D eigenvalue weighted by atomic mass is 10.2. The minimum atomic E-state index is -0.220. The number of carbonyl (C=O) groups is 2. The number of anilines is 1. The highest BCUT2D eigenvalue weighted by atomic mass is 32.1. The fourth-order valence-corrected chi connectivity index (χ4v) is 3.04. The van der Waals surface area contributed by atoms with Crippen molar-refractivity contribution in [3.05, 3.63) is 47.0 Å². The van der Waals surface area contributed by atoms with Crippen LogP contribution in [0.1, 0.15) is 60.4 Å². The van der Waals surface area contributed by atoms with Crippen LogP contribution in [0.25, 0.3) is 0 Å². The van der Waals surface area contributed by atoms with Crippen LogP contribution < -0.4 is 5.32 Å². The number of carbonyl (C=O) groups excluding carboxylic acids is 2. The van der Waals surface area contributed by atoms with Crippen molar-refractivity contribution in [1.29, 1.82) is 0 Å². The number of aromatic nitrogens is 1. The third kappa shape index (κ3) is 5.67. The highest BCUT2D eigenvalue weighted by Gasteiger charge is 2.19. The molecule has 0 atom stereocenters. The summed E-state index contributed by atoms with van der Waals surface area (Å²) in [7, 11) is 0. The van der Waals surface area contributed by atoms with Crippen molar-refractivity contribution in [2.75, 3.05) is 18.4 Å². The maximum Gasteiger partial charge on any atom is 0.273 e. The summed E-state index contributed by atoms with van der Waals surface area (Å²) in [4.78, 5) is 31.0. The number of nitrogens with one attached hydrogen (secondary N) is 1. The molecule has 1 aromatic heterocycles. The standard InChI is InChI=1S/C19H25N3O2S/c1-3-5-12-22(13-6-4-2)18(24)16-14-25-19(20-16)21-17(23)15-10-8-7-9-11-15/h7-11,14H,3-6,12-13H2,1-2H3,(H,20,21,23). The van der Waals surface area contributed by atoms with E-state index in [0.717, 1.165) is 38.8 Å². The summed E-state index contributed by atoms with van der Waals surface area (Å²) in [6.07, 6.45) is 4.06. The van der Waals surface area contributed by atoms with Crippen molar-refractivity contribution in [3.63, 3.8) is 0 Å². The van der Waals surface area contributed by atoms with E-state index in [9.17, 15) is 9.59 Å². The second-order valence-electron chi connectivity index (χ2n) is 5.86. The van der Waals surface area contributed by atoms with Crippen LogP contribution in [0.5, 0.6) is 0 Å². The molecule has 25 heavy (non-hydrogen) atoms. The zero-order valence-electron chi connectivity index (χ0n) is 14.8. The topological polar surface area (TPSA) is 62.3 Å². The summed E-state index contributed by atoms with van der Waals surface area (Å²) in [5.41, 5.74) is 0.971. The fourth-order valence-electron chi connectivity index (χ4n) is 2.36. The first-order chi connectivity index (χ1) is 12.2. The van der Waals surface area contributed by atoms with Crippen LogP contribution in [0.15, 0.2) is 35.7 Å². The van der Waals surface area contributed by atoms with Crippen molar-refractivity contribution < 1.29 is 9.59 Å². The van der Waals surface area contributed by atoms with E-state index >= 15 is 0 Å². The van der Waals surface area contributed by atoms with Gasteiger partial charge in [0.25, 0.3) is 11.8 Å². The molecule has 0 fully saturated rings. The van der Waals surface area contributed by atoms with Crippen molar-refractivity contribution in [1.82, 2.24) is 9.88 Å². The van der Waals surface area contributed by atoms with Crippen molar-refractivity contribution in [3.8, 4) is 0 Å². The predicted octanol–water partition coefficient (Wildman–Crippen LogP) is 4.44. The Balaban J connectivity index is 2.02. The molecule has 0 saturated carbocycles. The Morgan fingerprint density at radius 1 is 1.08 bits per heavy atom. The molecular formula is C19H25N3O2S. The third-order valence-electron chi connectivity index (χ3n) is 3.83. The Morgan fingerprint density at radius 3 is 2.32 bits per heavy atom. The number of amides is 2. The largest absolute Gasteiger partial charge is 0.337 e. The Kier molecular flexibility index (Phi) is 7.60. The number of rotatable bonds is 9. The molecule has 0 aliphatic heterocycles. The highest BCUT2D eigenvalue weighted by molar-refractivity contribution is 7.14. The molecule has 0 aliphatic rings. The Morgan fingerprint density at radius 2 is 1.72 bits per heavy atom. The van der Waals surface area contributed by atoms with E-state index in [2.05, 4.69) is 24.1 Å². The minimum absolute atomic E-state index is 0.0571. The van der Waals surface area contributed by atoms with Gasteiger partial charge >= 0.3 is 0 Å².